The Balaban J connectivity index is 1.92. The van der Waals surface area contributed by atoms with Gasteiger partial charge in [-0.15, -0.1) is 0 Å². The van der Waals surface area contributed by atoms with E-state index in [0.29, 0.717) is 19.0 Å². The Morgan fingerprint density at radius 3 is 2.95 bits per heavy atom. The second-order valence-corrected chi connectivity index (χ2v) is 5.43. The van der Waals surface area contributed by atoms with Crippen LogP contribution in [-0.4, -0.2) is 41.4 Å². The number of hydrogen-bond acceptors (Lipinski definition) is 4. The van der Waals surface area contributed by atoms with Crippen LogP contribution in [0.3, 0.4) is 0 Å². The largest absolute Gasteiger partial charge is 0.481 e. The van der Waals surface area contributed by atoms with Crippen molar-refractivity contribution in [1.29, 1.82) is 0 Å². The summed E-state index contributed by atoms with van der Waals surface area (Å²) < 4.78 is 5.14. The van der Waals surface area contributed by atoms with E-state index in [-0.39, 0.29) is 30.2 Å². The number of amides is 2. The van der Waals surface area contributed by atoms with Crippen LogP contribution in [0.25, 0.3) is 0 Å². The van der Waals surface area contributed by atoms with Crippen LogP contribution in [0.15, 0.2) is 18.3 Å². The van der Waals surface area contributed by atoms with Gasteiger partial charge in [-0.1, -0.05) is 6.07 Å². The molecule has 2 rings (SSSR count). The maximum Gasteiger partial charge on any atom is 0.225 e. The topological polar surface area (TPSA) is 71.5 Å². The van der Waals surface area contributed by atoms with Gasteiger partial charge in [0.25, 0.3) is 0 Å². The fraction of sp³-hybridized carbons (Fsp3) is 0.533. The molecule has 1 aliphatic rings. The zero-order valence-corrected chi connectivity index (χ0v) is 12.6. The van der Waals surface area contributed by atoms with Crippen molar-refractivity contribution in [3.8, 4) is 5.88 Å². The van der Waals surface area contributed by atoms with Crippen LogP contribution in [-0.2, 0) is 16.1 Å². The van der Waals surface area contributed by atoms with E-state index in [4.69, 9.17) is 4.74 Å². The molecule has 0 bridgehead atoms. The van der Waals surface area contributed by atoms with Gasteiger partial charge in [-0.3, -0.25) is 9.59 Å². The Hall–Kier alpha value is -2.11. The van der Waals surface area contributed by atoms with E-state index in [1.165, 1.54) is 0 Å². The van der Waals surface area contributed by atoms with Gasteiger partial charge in [0.1, 0.15) is 0 Å². The average Bonchev–Trinajstić information content (AvgIpc) is 2.87. The lowest BCUT2D eigenvalue weighted by atomic mass is 10.1. The number of aromatic nitrogens is 1. The summed E-state index contributed by atoms with van der Waals surface area (Å²) in [6, 6.07) is 3.78. The van der Waals surface area contributed by atoms with Crippen LogP contribution < -0.4 is 10.1 Å². The Morgan fingerprint density at radius 2 is 2.33 bits per heavy atom. The van der Waals surface area contributed by atoms with Gasteiger partial charge in [0.15, 0.2) is 0 Å². The molecule has 0 radical (unpaired) electrons. The van der Waals surface area contributed by atoms with E-state index in [1.807, 2.05) is 19.9 Å². The first-order valence-corrected chi connectivity index (χ1v) is 7.08. The minimum Gasteiger partial charge on any atom is -0.481 e. The monoisotopic (exact) mass is 291 g/mol. The van der Waals surface area contributed by atoms with Crippen LogP contribution >= 0.6 is 0 Å². The molecule has 0 aromatic carbocycles. The Labute approximate surface area is 124 Å². The summed E-state index contributed by atoms with van der Waals surface area (Å²) in [4.78, 5) is 29.8. The number of pyridine rings is 1. The fourth-order valence-electron chi connectivity index (χ4n) is 2.48. The summed E-state index contributed by atoms with van der Waals surface area (Å²) in [5, 5.41) is 2.86. The third-order valence-corrected chi connectivity index (χ3v) is 3.65. The Morgan fingerprint density at radius 1 is 1.57 bits per heavy atom. The minimum atomic E-state index is -0.275. The molecule has 1 aromatic heterocycles. The Bertz CT molecular complexity index is 531. The van der Waals surface area contributed by atoms with Crippen LogP contribution in [0, 0.1) is 5.92 Å². The number of hydrogen-bond donors (Lipinski definition) is 1. The summed E-state index contributed by atoms with van der Waals surface area (Å²) in [5.41, 5.74) is 0.818. The summed E-state index contributed by atoms with van der Waals surface area (Å²) in [6.45, 7) is 4.76. The number of nitrogens with zero attached hydrogens (tertiary/aromatic N) is 2. The normalized spacial score (nSPS) is 18.2. The van der Waals surface area contributed by atoms with Crippen molar-refractivity contribution in [2.24, 2.45) is 5.92 Å². The lowest BCUT2D eigenvalue weighted by Gasteiger charge is -2.20. The van der Waals surface area contributed by atoms with Gasteiger partial charge >= 0.3 is 0 Å². The first-order chi connectivity index (χ1) is 10.0. The van der Waals surface area contributed by atoms with Crippen LogP contribution in [0.5, 0.6) is 5.88 Å². The number of ether oxygens (including phenoxy) is 1. The highest BCUT2D eigenvalue weighted by atomic mass is 16.5. The molecule has 114 valence electrons. The molecule has 0 unspecified atom stereocenters. The van der Waals surface area contributed by atoms with Crippen molar-refractivity contribution in [3.05, 3.63) is 23.9 Å². The molecule has 1 N–H and O–H groups in total. The molecular weight excluding hydrogens is 270 g/mol. The lowest BCUT2D eigenvalue weighted by molar-refractivity contribution is -0.130. The van der Waals surface area contributed by atoms with Crippen LogP contribution in [0.2, 0.25) is 0 Å². The molecule has 1 aliphatic heterocycles. The van der Waals surface area contributed by atoms with Crippen molar-refractivity contribution in [1.82, 2.24) is 15.2 Å². The number of methoxy groups -OCH3 is 1. The molecule has 6 heteroatoms. The number of carbonyl (C=O) groups excluding carboxylic acids is 2. The third-order valence-electron chi connectivity index (χ3n) is 3.65. The molecule has 6 nitrogen and oxygen atoms in total. The summed E-state index contributed by atoms with van der Waals surface area (Å²) >= 11 is 0. The highest BCUT2D eigenvalue weighted by molar-refractivity contribution is 5.89. The van der Waals surface area contributed by atoms with E-state index in [1.54, 1.807) is 24.3 Å². The van der Waals surface area contributed by atoms with Crippen molar-refractivity contribution in [3.63, 3.8) is 0 Å². The standard InChI is InChI=1S/C15H21N3O3/c1-10(2)18-9-12(7-13(18)19)14(20)17-8-11-5-4-6-16-15(11)21-3/h4-6,10,12H,7-9H2,1-3H3,(H,17,20)/t12-/m0/s1. The van der Waals surface area contributed by atoms with E-state index < -0.39 is 0 Å². The predicted octanol–water partition coefficient (Wildman–Crippen LogP) is 0.963. The highest BCUT2D eigenvalue weighted by Gasteiger charge is 2.35. The molecule has 1 fully saturated rings. The maximum absolute atomic E-state index is 12.2. The van der Waals surface area contributed by atoms with Gasteiger partial charge in [-0.25, -0.2) is 4.98 Å². The van der Waals surface area contributed by atoms with Crippen molar-refractivity contribution >= 4 is 11.8 Å². The zero-order chi connectivity index (χ0) is 15.4. The predicted molar refractivity (Wildman–Crippen MR) is 77.6 cm³/mol. The fourth-order valence-corrected chi connectivity index (χ4v) is 2.48. The van der Waals surface area contributed by atoms with Crippen molar-refractivity contribution in [2.75, 3.05) is 13.7 Å². The van der Waals surface area contributed by atoms with Gasteiger partial charge < -0.3 is 15.0 Å². The SMILES string of the molecule is COc1ncccc1CNC(=O)[C@H]1CC(=O)N(C(C)C)C1. The summed E-state index contributed by atoms with van der Waals surface area (Å²) in [7, 11) is 1.55. The molecule has 1 saturated heterocycles. The second kappa shape index (κ2) is 6.56. The zero-order valence-electron chi connectivity index (χ0n) is 12.6. The van der Waals surface area contributed by atoms with Gasteiger partial charge in [0.2, 0.25) is 17.7 Å². The van der Waals surface area contributed by atoms with Gasteiger partial charge in [-0.2, -0.15) is 0 Å². The summed E-state index contributed by atoms with van der Waals surface area (Å²) in [6.07, 6.45) is 1.93. The molecule has 0 aliphatic carbocycles. The van der Waals surface area contributed by atoms with E-state index >= 15 is 0 Å². The first-order valence-electron chi connectivity index (χ1n) is 7.08. The first kappa shape index (κ1) is 15.3. The smallest absolute Gasteiger partial charge is 0.225 e. The highest BCUT2D eigenvalue weighted by Crippen LogP contribution is 2.20. The molecule has 1 aromatic rings. The Kier molecular flexibility index (Phi) is 4.77. The molecule has 1 atom stereocenters. The van der Waals surface area contributed by atoms with Gasteiger partial charge in [0.05, 0.1) is 13.0 Å². The number of likely N-dealkylation sites (tertiary alicyclic amines) is 1. The van der Waals surface area contributed by atoms with Crippen LogP contribution in [0.4, 0.5) is 0 Å². The minimum absolute atomic E-state index is 0.0455. The van der Waals surface area contributed by atoms with E-state index in [9.17, 15) is 9.59 Å². The second-order valence-electron chi connectivity index (χ2n) is 5.43. The quantitative estimate of drug-likeness (QED) is 0.877. The van der Waals surface area contributed by atoms with Crippen molar-refractivity contribution < 1.29 is 14.3 Å². The maximum atomic E-state index is 12.2. The molecule has 2 heterocycles. The summed E-state index contributed by atoms with van der Waals surface area (Å²) in [5.74, 6) is 0.174. The molecule has 2 amide bonds. The number of carbonyl (C=O) groups is 2. The van der Waals surface area contributed by atoms with Gasteiger partial charge in [0, 0.05) is 37.3 Å². The number of nitrogens with one attached hydrogen (secondary N) is 1. The van der Waals surface area contributed by atoms with Gasteiger partial charge in [-0.05, 0) is 19.9 Å². The third kappa shape index (κ3) is 3.51. The van der Waals surface area contributed by atoms with E-state index in [2.05, 4.69) is 10.3 Å². The lowest BCUT2D eigenvalue weighted by Crippen LogP contribution is -2.35. The van der Waals surface area contributed by atoms with Crippen LogP contribution in [0.1, 0.15) is 25.8 Å². The van der Waals surface area contributed by atoms with E-state index in [0.717, 1.165) is 5.56 Å². The molecular formula is C15H21N3O3. The average molecular weight is 291 g/mol. The molecule has 0 saturated carbocycles. The number of rotatable bonds is 5. The molecule has 21 heavy (non-hydrogen) atoms. The van der Waals surface area contributed by atoms with Crippen molar-refractivity contribution in [2.45, 2.75) is 32.9 Å². The molecule has 0 spiro atoms.